The van der Waals surface area contributed by atoms with Crippen molar-refractivity contribution in [3.05, 3.63) is 89.4 Å². The van der Waals surface area contributed by atoms with Crippen LogP contribution in [0.25, 0.3) is 22.0 Å². The number of carboxylic acid groups (broad SMARTS) is 1. The van der Waals surface area contributed by atoms with Crippen LogP contribution in [0.3, 0.4) is 0 Å². The van der Waals surface area contributed by atoms with Gasteiger partial charge in [0.15, 0.2) is 11.4 Å². The van der Waals surface area contributed by atoms with Gasteiger partial charge in [-0.15, -0.1) is 0 Å². The summed E-state index contributed by atoms with van der Waals surface area (Å²) in [6, 6.07) is 19.6. The summed E-state index contributed by atoms with van der Waals surface area (Å²) < 4.78 is 10.4. The average Bonchev–Trinajstić information content (AvgIpc) is 2.88. The van der Waals surface area contributed by atoms with Gasteiger partial charge in [-0.25, -0.2) is 9.78 Å². The Morgan fingerprint density at radius 2 is 1.78 bits per heavy atom. The SMILES string of the molecule is CCOC(=O)CN.Cc1ccc2cc(-c3cnc(C(=O)O)c(OCc4ccccc4)c3C)ccc2n1. The molecule has 0 saturated carbocycles. The van der Waals surface area contributed by atoms with E-state index in [4.69, 9.17) is 10.5 Å². The van der Waals surface area contributed by atoms with Crippen LogP contribution >= 0.6 is 0 Å². The van der Waals surface area contributed by atoms with E-state index >= 15 is 0 Å². The van der Waals surface area contributed by atoms with Gasteiger partial charge in [0.2, 0.25) is 0 Å². The fraction of sp³-hybridized carbons (Fsp3) is 0.214. The van der Waals surface area contributed by atoms with Crippen molar-refractivity contribution in [3.63, 3.8) is 0 Å². The summed E-state index contributed by atoms with van der Waals surface area (Å²) in [6.45, 7) is 6.23. The molecule has 0 saturated heterocycles. The molecule has 4 rings (SSSR count). The Morgan fingerprint density at radius 1 is 1.03 bits per heavy atom. The van der Waals surface area contributed by atoms with E-state index in [9.17, 15) is 14.7 Å². The second-order valence-electron chi connectivity index (χ2n) is 7.92. The van der Waals surface area contributed by atoms with Gasteiger partial charge in [0.25, 0.3) is 0 Å². The summed E-state index contributed by atoms with van der Waals surface area (Å²) >= 11 is 0. The van der Waals surface area contributed by atoms with E-state index in [1.165, 1.54) is 0 Å². The number of esters is 1. The van der Waals surface area contributed by atoms with E-state index in [1.54, 1.807) is 13.1 Å². The number of nitrogens with two attached hydrogens (primary N) is 1. The van der Waals surface area contributed by atoms with Crippen LogP contribution in [-0.4, -0.2) is 40.2 Å². The number of benzene rings is 2. The first-order valence-corrected chi connectivity index (χ1v) is 11.5. The number of hydrogen-bond donors (Lipinski definition) is 2. The van der Waals surface area contributed by atoms with E-state index in [-0.39, 0.29) is 24.8 Å². The zero-order chi connectivity index (χ0) is 26.1. The third-order valence-electron chi connectivity index (χ3n) is 5.32. The average molecular weight is 488 g/mol. The molecule has 0 amide bonds. The summed E-state index contributed by atoms with van der Waals surface area (Å²) in [7, 11) is 0. The third-order valence-corrected chi connectivity index (χ3v) is 5.32. The molecule has 0 aliphatic heterocycles. The maximum atomic E-state index is 11.7. The lowest BCUT2D eigenvalue weighted by Gasteiger charge is -2.15. The van der Waals surface area contributed by atoms with Crippen molar-refractivity contribution >= 4 is 22.8 Å². The molecular weight excluding hydrogens is 458 g/mol. The van der Waals surface area contributed by atoms with Crippen LogP contribution in [0.5, 0.6) is 5.75 Å². The van der Waals surface area contributed by atoms with Gasteiger partial charge in [0.05, 0.1) is 18.7 Å². The fourth-order valence-corrected chi connectivity index (χ4v) is 3.55. The molecule has 0 aliphatic carbocycles. The predicted molar refractivity (Wildman–Crippen MR) is 138 cm³/mol. The van der Waals surface area contributed by atoms with Gasteiger partial charge in [-0.2, -0.15) is 0 Å². The minimum absolute atomic E-state index is 0.0200. The maximum Gasteiger partial charge on any atom is 0.358 e. The highest BCUT2D eigenvalue weighted by Gasteiger charge is 2.19. The van der Waals surface area contributed by atoms with Gasteiger partial charge in [0.1, 0.15) is 6.61 Å². The van der Waals surface area contributed by atoms with Crippen molar-refractivity contribution in [1.29, 1.82) is 0 Å². The summed E-state index contributed by atoms with van der Waals surface area (Å²) in [5.74, 6) is -1.16. The molecule has 0 aliphatic rings. The Labute approximate surface area is 209 Å². The van der Waals surface area contributed by atoms with Gasteiger partial charge < -0.3 is 20.3 Å². The number of carbonyl (C=O) groups is 2. The van der Waals surface area contributed by atoms with Crippen LogP contribution in [0, 0.1) is 13.8 Å². The molecule has 2 aromatic carbocycles. The molecule has 0 atom stereocenters. The number of aryl methyl sites for hydroxylation is 1. The molecule has 0 spiro atoms. The van der Waals surface area contributed by atoms with Gasteiger partial charge in [-0.05, 0) is 50.1 Å². The highest BCUT2D eigenvalue weighted by molar-refractivity contribution is 5.91. The summed E-state index contributed by atoms with van der Waals surface area (Å²) in [4.78, 5) is 30.5. The molecule has 186 valence electrons. The lowest BCUT2D eigenvalue weighted by Crippen LogP contribution is -2.16. The Balaban J connectivity index is 0.000000454. The smallest absolute Gasteiger partial charge is 0.358 e. The van der Waals surface area contributed by atoms with E-state index in [0.29, 0.717) is 12.4 Å². The number of aromatic nitrogens is 2. The third kappa shape index (κ3) is 6.64. The number of rotatable bonds is 7. The summed E-state index contributed by atoms with van der Waals surface area (Å²) in [6.07, 6.45) is 1.59. The molecule has 3 N–H and O–H groups in total. The quantitative estimate of drug-likeness (QED) is 0.360. The van der Waals surface area contributed by atoms with E-state index in [2.05, 4.69) is 14.7 Å². The van der Waals surface area contributed by atoms with E-state index < -0.39 is 5.97 Å². The molecule has 0 bridgehead atoms. The highest BCUT2D eigenvalue weighted by atomic mass is 16.5. The second kappa shape index (κ2) is 12.4. The Bertz CT molecular complexity index is 1360. The van der Waals surface area contributed by atoms with Crippen LogP contribution in [-0.2, 0) is 16.1 Å². The molecule has 4 aromatic rings. The maximum absolute atomic E-state index is 11.7. The number of nitrogens with zero attached hydrogens (tertiary/aromatic N) is 2. The van der Waals surface area contributed by atoms with Crippen LogP contribution in [0.1, 0.15) is 34.2 Å². The largest absolute Gasteiger partial charge is 0.486 e. The van der Waals surface area contributed by atoms with Crippen molar-refractivity contribution in [1.82, 2.24) is 9.97 Å². The number of ether oxygens (including phenoxy) is 2. The normalized spacial score (nSPS) is 10.3. The van der Waals surface area contributed by atoms with Gasteiger partial charge in [-0.3, -0.25) is 9.78 Å². The lowest BCUT2D eigenvalue weighted by atomic mass is 9.99. The Kier molecular flexibility index (Phi) is 9.07. The first kappa shape index (κ1) is 26.3. The number of carboxylic acids is 1. The van der Waals surface area contributed by atoms with Crippen LogP contribution < -0.4 is 10.5 Å². The first-order valence-electron chi connectivity index (χ1n) is 11.5. The second-order valence-corrected chi connectivity index (χ2v) is 7.92. The minimum atomic E-state index is -1.11. The van der Waals surface area contributed by atoms with Crippen molar-refractivity contribution in [2.24, 2.45) is 5.73 Å². The molecule has 36 heavy (non-hydrogen) atoms. The monoisotopic (exact) mass is 487 g/mol. The number of carbonyl (C=O) groups excluding carboxylic acids is 1. The molecule has 0 unspecified atom stereocenters. The number of hydrogen-bond acceptors (Lipinski definition) is 7. The van der Waals surface area contributed by atoms with Crippen molar-refractivity contribution < 1.29 is 24.2 Å². The van der Waals surface area contributed by atoms with Gasteiger partial charge in [-0.1, -0.05) is 42.5 Å². The molecule has 2 aromatic heterocycles. The zero-order valence-electron chi connectivity index (χ0n) is 20.5. The number of aromatic carboxylic acids is 1. The molecule has 8 heteroatoms. The number of pyridine rings is 2. The lowest BCUT2D eigenvalue weighted by molar-refractivity contribution is -0.141. The van der Waals surface area contributed by atoms with Crippen LogP contribution in [0.2, 0.25) is 0 Å². The Hall–Kier alpha value is -4.30. The molecule has 0 fully saturated rings. The molecule has 8 nitrogen and oxygen atoms in total. The topological polar surface area (TPSA) is 125 Å². The standard InChI is InChI=1S/C24H20N2O3.C4H9NO2/c1-15-8-9-19-12-18(10-11-21(19)26-15)20-13-25-22(24(27)28)23(16(20)2)29-14-17-6-4-3-5-7-17;1-2-7-4(6)3-5/h3-13H,14H2,1-2H3,(H,27,28);2-3,5H2,1H3. The van der Waals surface area contributed by atoms with Crippen molar-refractivity contribution in [2.45, 2.75) is 27.4 Å². The minimum Gasteiger partial charge on any atom is -0.486 e. The highest BCUT2D eigenvalue weighted by Crippen LogP contribution is 2.33. The van der Waals surface area contributed by atoms with Crippen LogP contribution in [0.4, 0.5) is 0 Å². The zero-order valence-corrected chi connectivity index (χ0v) is 20.5. The summed E-state index contributed by atoms with van der Waals surface area (Å²) in [5, 5.41) is 10.6. The van der Waals surface area contributed by atoms with Crippen molar-refractivity contribution in [2.75, 3.05) is 13.2 Å². The fourth-order valence-electron chi connectivity index (χ4n) is 3.55. The Morgan fingerprint density at radius 3 is 2.42 bits per heavy atom. The molecule has 0 radical (unpaired) electrons. The predicted octanol–water partition coefficient (Wildman–Crippen LogP) is 4.70. The first-order chi connectivity index (χ1) is 17.3. The summed E-state index contributed by atoms with van der Waals surface area (Å²) in [5.41, 5.74) is 10.2. The van der Waals surface area contributed by atoms with Gasteiger partial charge >= 0.3 is 11.9 Å². The number of fused-ring (bicyclic) bond motifs is 1. The van der Waals surface area contributed by atoms with E-state index in [1.807, 2.05) is 74.5 Å². The molecular formula is C28H29N3O5. The van der Waals surface area contributed by atoms with Gasteiger partial charge in [0, 0.05) is 28.4 Å². The van der Waals surface area contributed by atoms with E-state index in [0.717, 1.165) is 38.9 Å². The van der Waals surface area contributed by atoms with Crippen molar-refractivity contribution in [3.8, 4) is 16.9 Å². The van der Waals surface area contributed by atoms with Crippen LogP contribution in [0.15, 0.2) is 66.9 Å². The molecule has 2 heterocycles.